The maximum absolute atomic E-state index is 11.7. The van der Waals surface area contributed by atoms with Gasteiger partial charge in [-0.1, -0.05) is 12.1 Å². The molecule has 2 N–H and O–H groups in total. The molecule has 2 rings (SSSR count). The van der Waals surface area contributed by atoms with E-state index in [1.165, 1.54) is 0 Å². The van der Waals surface area contributed by atoms with Crippen LogP contribution < -0.4 is 10.6 Å². The molecular formula is C18H23BrN2O3. The summed E-state index contributed by atoms with van der Waals surface area (Å²) in [7, 11) is 0. The monoisotopic (exact) mass is 394 g/mol. The average Bonchev–Trinajstić information content (AvgIpc) is 2.89. The Kier molecular flexibility index (Phi) is 6.07. The average molecular weight is 395 g/mol. The zero-order valence-electron chi connectivity index (χ0n) is 14.4. The zero-order valence-corrected chi connectivity index (χ0v) is 15.9. The van der Waals surface area contributed by atoms with Gasteiger partial charge in [-0.2, -0.15) is 0 Å². The molecule has 1 aromatic carbocycles. The molecule has 0 saturated heterocycles. The van der Waals surface area contributed by atoms with Crippen LogP contribution in [0.3, 0.4) is 0 Å². The van der Waals surface area contributed by atoms with Gasteiger partial charge in [-0.15, -0.1) is 0 Å². The SMILES string of the molecule is CC(NCc1ccc(Br)o1)c1ccc(NC(=O)OC(C)(C)C)cc1. The molecule has 1 amide bonds. The highest BCUT2D eigenvalue weighted by atomic mass is 79.9. The molecule has 0 aliphatic rings. The summed E-state index contributed by atoms with van der Waals surface area (Å²) in [6.45, 7) is 8.22. The molecule has 1 heterocycles. The van der Waals surface area contributed by atoms with Gasteiger partial charge >= 0.3 is 6.09 Å². The minimum Gasteiger partial charge on any atom is -0.453 e. The van der Waals surface area contributed by atoms with Gasteiger partial charge in [0.25, 0.3) is 0 Å². The van der Waals surface area contributed by atoms with Crippen molar-refractivity contribution < 1.29 is 13.9 Å². The Labute approximate surface area is 150 Å². The molecule has 1 atom stereocenters. The van der Waals surface area contributed by atoms with E-state index in [4.69, 9.17) is 9.15 Å². The lowest BCUT2D eigenvalue weighted by Gasteiger charge is -2.20. The number of carbonyl (C=O) groups excluding carboxylic acids is 1. The third-order valence-electron chi connectivity index (χ3n) is 3.27. The summed E-state index contributed by atoms with van der Waals surface area (Å²) in [4.78, 5) is 11.7. The Morgan fingerprint density at radius 3 is 2.42 bits per heavy atom. The topological polar surface area (TPSA) is 63.5 Å². The second-order valence-electron chi connectivity index (χ2n) is 6.56. The lowest BCUT2D eigenvalue weighted by Crippen LogP contribution is -2.27. The van der Waals surface area contributed by atoms with Crippen molar-refractivity contribution in [2.24, 2.45) is 0 Å². The molecule has 2 aromatic rings. The Morgan fingerprint density at radius 1 is 1.21 bits per heavy atom. The number of rotatable bonds is 5. The second-order valence-corrected chi connectivity index (χ2v) is 7.34. The largest absolute Gasteiger partial charge is 0.453 e. The minimum absolute atomic E-state index is 0.157. The quantitative estimate of drug-likeness (QED) is 0.727. The summed E-state index contributed by atoms with van der Waals surface area (Å²) in [6, 6.07) is 11.6. The molecule has 1 unspecified atom stereocenters. The van der Waals surface area contributed by atoms with Gasteiger partial charge in [0.2, 0.25) is 0 Å². The summed E-state index contributed by atoms with van der Waals surface area (Å²) in [5.41, 5.74) is 1.31. The fraction of sp³-hybridized carbons (Fsp3) is 0.389. The number of hydrogen-bond acceptors (Lipinski definition) is 4. The van der Waals surface area contributed by atoms with E-state index >= 15 is 0 Å². The predicted molar refractivity (Wildman–Crippen MR) is 98.0 cm³/mol. The summed E-state index contributed by atoms with van der Waals surface area (Å²) >= 11 is 3.29. The van der Waals surface area contributed by atoms with Crippen LogP contribution >= 0.6 is 15.9 Å². The van der Waals surface area contributed by atoms with Gasteiger partial charge in [-0.3, -0.25) is 5.32 Å². The van der Waals surface area contributed by atoms with Crippen molar-refractivity contribution in [3.63, 3.8) is 0 Å². The zero-order chi connectivity index (χ0) is 17.7. The lowest BCUT2D eigenvalue weighted by atomic mass is 10.1. The van der Waals surface area contributed by atoms with Crippen LogP contribution in [0.15, 0.2) is 45.5 Å². The van der Waals surface area contributed by atoms with Gasteiger partial charge in [-0.25, -0.2) is 4.79 Å². The molecule has 6 heteroatoms. The first-order valence-electron chi connectivity index (χ1n) is 7.80. The number of ether oxygens (including phenoxy) is 1. The molecule has 0 bridgehead atoms. The van der Waals surface area contributed by atoms with Crippen molar-refractivity contribution in [1.29, 1.82) is 0 Å². The number of nitrogens with one attached hydrogen (secondary N) is 2. The first kappa shape index (κ1) is 18.5. The number of anilines is 1. The molecule has 0 radical (unpaired) electrons. The standard InChI is InChI=1S/C18H23BrN2O3/c1-12(20-11-15-9-10-16(19)23-15)13-5-7-14(8-6-13)21-17(22)24-18(2,3)4/h5-10,12,20H,11H2,1-4H3,(H,21,22). The molecular weight excluding hydrogens is 372 g/mol. The highest BCUT2D eigenvalue weighted by Crippen LogP contribution is 2.19. The van der Waals surface area contributed by atoms with Crippen molar-refractivity contribution in [3.05, 3.63) is 52.4 Å². The van der Waals surface area contributed by atoms with Gasteiger partial charge in [0.05, 0.1) is 6.54 Å². The Bertz CT molecular complexity index is 674. The van der Waals surface area contributed by atoms with Crippen molar-refractivity contribution >= 4 is 27.7 Å². The number of amides is 1. The van der Waals surface area contributed by atoms with Crippen LogP contribution in [0.25, 0.3) is 0 Å². The van der Waals surface area contributed by atoms with Crippen LogP contribution in [0.4, 0.5) is 10.5 Å². The van der Waals surface area contributed by atoms with Gasteiger partial charge in [-0.05, 0) is 73.5 Å². The van der Waals surface area contributed by atoms with Crippen LogP contribution in [0.2, 0.25) is 0 Å². The van der Waals surface area contributed by atoms with Crippen molar-refractivity contribution in [3.8, 4) is 0 Å². The molecule has 130 valence electrons. The number of benzene rings is 1. The molecule has 1 aromatic heterocycles. The van der Waals surface area contributed by atoms with Gasteiger partial charge < -0.3 is 14.5 Å². The minimum atomic E-state index is -0.511. The van der Waals surface area contributed by atoms with Crippen molar-refractivity contribution in [2.45, 2.75) is 45.9 Å². The first-order chi connectivity index (χ1) is 11.2. The summed E-state index contributed by atoms with van der Waals surface area (Å²) in [6.07, 6.45) is -0.454. The highest BCUT2D eigenvalue weighted by molar-refractivity contribution is 9.10. The molecule has 24 heavy (non-hydrogen) atoms. The van der Waals surface area contributed by atoms with E-state index < -0.39 is 11.7 Å². The molecule has 0 fully saturated rings. The van der Waals surface area contributed by atoms with E-state index in [0.717, 1.165) is 16.0 Å². The fourth-order valence-electron chi connectivity index (χ4n) is 2.09. The molecule has 0 aliphatic heterocycles. The van der Waals surface area contributed by atoms with Crippen LogP contribution in [0.5, 0.6) is 0 Å². The molecule has 0 saturated carbocycles. The second kappa shape index (κ2) is 7.85. The predicted octanol–water partition coefficient (Wildman–Crippen LogP) is 5.24. The van der Waals surface area contributed by atoms with Crippen LogP contribution in [0.1, 0.15) is 45.1 Å². The first-order valence-corrected chi connectivity index (χ1v) is 8.60. The van der Waals surface area contributed by atoms with E-state index in [-0.39, 0.29) is 6.04 Å². The van der Waals surface area contributed by atoms with Gasteiger partial charge in [0.1, 0.15) is 11.4 Å². The molecule has 0 spiro atoms. The van der Waals surface area contributed by atoms with Crippen LogP contribution in [0, 0.1) is 0 Å². The maximum atomic E-state index is 11.7. The highest BCUT2D eigenvalue weighted by Gasteiger charge is 2.16. The van der Waals surface area contributed by atoms with Crippen molar-refractivity contribution in [2.75, 3.05) is 5.32 Å². The molecule has 0 aliphatic carbocycles. The number of halogens is 1. The van der Waals surface area contributed by atoms with Crippen molar-refractivity contribution in [1.82, 2.24) is 5.32 Å². The fourth-order valence-corrected chi connectivity index (χ4v) is 2.43. The third kappa shape index (κ3) is 6.02. The smallest absolute Gasteiger partial charge is 0.412 e. The summed E-state index contributed by atoms with van der Waals surface area (Å²) in [5, 5.41) is 6.12. The van der Waals surface area contributed by atoms with E-state index in [1.807, 2.05) is 57.2 Å². The third-order valence-corrected chi connectivity index (χ3v) is 3.69. The van der Waals surface area contributed by atoms with E-state index in [0.29, 0.717) is 12.2 Å². The van der Waals surface area contributed by atoms with E-state index in [2.05, 4.69) is 33.5 Å². The Hall–Kier alpha value is -1.79. The number of furan rings is 1. The van der Waals surface area contributed by atoms with E-state index in [9.17, 15) is 4.79 Å². The van der Waals surface area contributed by atoms with Crippen LogP contribution in [-0.2, 0) is 11.3 Å². The Balaban J connectivity index is 1.87. The maximum Gasteiger partial charge on any atom is 0.412 e. The summed E-state index contributed by atoms with van der Waals surface area (Å²) in [5.74, 6) is 0.872. The molecule has 5 nitrogen and oxygen atoms in total. The Morgan fingerprint density at radius 2 is 1.88 bits per heavy atom. The van der Waals surface area contributed by atoms with Gasteiger partial charge in [0.15, 0.2) is 4.67 Å². The lowest BCUT2D eigenvalue weighted by molar-refractivity contribution is 0.0636. The van der Waals surface area contributed by atoms with Crippen LogP contribution in [-0.4, -0.2) is 11.7 Å². The number of hydrogen-bond donors (Lipinski definition) is 2. The summed E-state index contributed by atoms with van der Waals surface area (Å²) < 4.78 is 11.4. The van der Waals surface area contributed by atoms with Gasteiger partial charge in [0, 0.05) is 11.7 Å². The normalized spacial score (nSPS) is 12.7. The van der Waals surface area contributed by atoms with E-state index in [1.54, 1.807) is 0 Å². The number of carbonyl (C=O) groups is 1.